The molecule has 0 spiro atoms. The summed E-state index contributed by atoms with van der Waals surface area (Å²) in [6, 6.07) is 11.0. The molecule has 0 unspecified atom stereocenters. The predicted octanol–water partition coefficient (Wildman–Crippen LogP) is 2.21. The predicted molar refractivity (Wildman–Crippen MR) is 86.4 cm³/mol. The normalized spacial score (nSPS) is 10.3. The van der Waals surface area contributed by atoms with E-state index in [1.54, 1.807) is 7.11 Å². The third-order valence-electron chi connectivity index (χ3n) is 3.04. The topological polar surface area (TPSA) is 113 Å². The number of benzene rings is 1. The fourth-order valence-corrected chi connectivity index (χ4v) is 1.96. The summed E-state index contributed by atoms with van der Waals surface area (Å²) in [5.74, 6) is 0.0150. The minimum absolute atomic E-state index is 0.194. The van der Waals surface area contributed by atoms with Crippen molar-refractivity contribution in [1.82, 2.24) is 4.98 Å². The molecule has 2 rings (SSSR count). The van der Waals surface area contributed by atoms with Crippen LogP contribution in [-0.2, 0) is 11.3 Å². The van der Waals surface area contributed by atoms with Crippen molar-refractivity contribution in [2.75, 3.05) is 31.4 Å². The highest BCUT2D eigenvalue weighted by molar-refractivity contribution is 5.73. The Hall–Kier alpha value is -2.87. The van der Waals surface area contributed by atoms with Crippen LogP contribution < -0.4 is 15.8 Å². The van der Waals surface area contributed by atoms with Crippen LogP contribution in [0, 0.1) is 10.1 Å². The van der Waals surface area contributed by atoms with Crippen molar-refractivity contribution in [3.63, 3.8) is 0 Å². The third-order valence-corrected chi connectivity index (χ3v) is 3.04. The van der Waals surface area contributed by atoms with Gasteiger partial charge < -0.3 is 20.5 Å². The first-order valence-corrected chi connectivity index (χ1v) is 6.96. The number of methoxy groups -OCH3 is 1. The lowest BCUT2D eigenvalue weighted by molar-refractivity contribution is -0.383. The molecule has 0 aliphatic heterocycles. The Labute approximate surface area is 133 Å². The van der Waals surface area contributed by atoms with Gasteiger partial charge >= 0.3 is 5.69 Å². The fourth-order valence-electron chi connectivity index (χ4n) is 1.96. The van der Waals surface area contributed by atoms with Gasteiger partial charge in [-0.25, -0.2) is 0 Å². The second kappa shape index (κ2) is 7.95. The molecule has 0 atom stereocenters. The molecule has 8 heteroatoms. The molecule has 0 saturated carbocycles. The second-order valence-electron chi connectivity index (χ2n) is 4.68. The van der Waals surface area contributed by atoms with Gasteiger partial charge in [0.15, 0.2) is 0 Å². The Morgan fingerprint density at radius 2 is 2.04 bits per heavy atom. The molecule has 1 aromatic heterocycles. The number of hydrogen-bond donors (Lipinski definition) is 2. The van der Waals surface area contributed by atoms with Gasteiger partial charge in [-0.1, -0.05) is 30.3 Å². The highest BCUT2D eigenvalue weighted by atomic mass is 16.6. The van der Waals surface area contributed by atoms with Crippen molar-refractivity contribution in [2.45, 2.75) is 6.54 Å². The maximum absolute atomic E-state index is 11.2. The molecule has 0 saturated heterocycles. The zero-order valence-electron chi connectivity index (χ0n) is 12.7. The third kappa shape index (κ3) is 4.55. The highest BCUT2D eigenvalue weighted by Crippen LogP contribution is 2.33. The summed E-state index contributed by atoms with van der Waals surface area (Å²) in [5, 5.41) is 14.2. The molecule has 0 aliphatic rings. The van der Waals surface area contributed by atoms with E-state index in [0.29, 0.717) is 13.2 Å². The number of aromatic nitrogens is 1. The van der Waals surface area contributed by atoms with Gasteiger partial charge in [-0.3, -0.25) is 10.1 Å². The Morgan fingerprint density at radius 3 is 2.70 bits per heavy atom. The summed E-state index contributed by atoms with van der Waals surface area (Å²) in [6.45, 7) is 1.08. The summed E-state index contributed by atoms with van der Waals surface area (Å²) < 4.78 is 10.3. The Kier molecular flexibility index (Phi) is 5.70. The molecule has 0 fully saturated rings. The maximum atomic E-state index is 11.2. The van der Waals surface area contributed by atoms with Crippen molar-refractivity contribution in [1.29, 1.82) is 0 Å². The van der Waals surface area contributed by atoms with Crippen LogP contribution in [0.5, 0.6) is 5.88 Å². The number of hydrogen-bond acceptors (Lipinski definition) is 7. The lowest BCUT2D eigenvalue weighted by atomic mass is 10.2. The second-order valence-corrected chi connectivity index (χ2v) is 4.68. The van der Waals surface area contributed by atoms with E-state index in [1.807, 2.05) is 30.3 Å². The van der Waals surface area contributed by atoms with Crippen LogP contribution in [0.15, 0.2) is 36.4 Å². The summed E-state index contributed by atoms with van der Waals surface area (Å²) in [6.07, 6.45) is 0. The Morgan fingerprint density at radius 1 is 1.30 bits per heavy atom. The first-order chi connectivity index (χ1) is 11.1. The minimum Gasteiger partial charge on any atom is -0.475 e. The van der Waals surface area contributed by atoms with Gasteiger partial charge in [-0.2, -0.15) is 4.98 Å². The largest absolute Gasteiger partial charge is 0.475 e. The molecular weight excluding hydrogens is 300 g/mol. The molecule has 3 N–H and O–H groups in total. The smallest absolute Gasteiger partial charge is 0.334 e. The van der Waals surface area contributed by atoms with Crippen LogP contribution in [0.2, 0.25) is 0 Å². The number of nitrogens with one attached hydrogen (secondary N) is 1. The number of nitrogens with two attached hydrogens (primary N) is 1. The van der Waals surface area contributed by atoms with Crippen molar-refractivity contribution < 1.29 is 14.4 Å². The number of pyridine rings is 1. The van der Waals surface area contributed by atoms with Gasteiger partial charge in [0.05, 0.1) is 11.5 Å². The molecule has 122 valence electrons. The van der Waals surface area contributed by atoms with Crippen LogP contribution in [0.3, 0.4) is 0 Å². The number of ether oxygens (including phenoxy) is 2. The molecule has 8 nitrogen and oxygen atoms in total. The fraction of sp³-hybridized carbons (Fsp3) is 0.267. The molecule has 1 heterocycles. The van der Waals surface area contributed by atoms with E-state index in [0.717, 1.165) is 5.56 Å². The van der Waals surface area contributed by atoms with Crippen LogP contribution in [-0.4, -0.2) is 30.2 Å². The Balaban J connectivity index is 2.21. The van der Waals surface area contributed by atoms with Gasteiger partial charge in [-0.15, -0.1) is 0 Å². The quantitative estimate of drug-likeness (QED) is 0.436. The van der Waals surface area contributed by atoms with E-state index in [1.165, 1.54) is 6.07 Å². The molecule has 1 aromatic carbocycles. The highest BCUT2D eigenvalue weighted by Gasteiger charge is 2.21. The van der Waals surface area contributed by atoms with E-state index in [-0.39, 0.29) is 29.7 Å². The molecule has 0 radical (unpaired) electrons. The molecule has 2 aromatic rings. The number of nitro groups is 1. The molecule has 0 amide bonds. The summed E-state index contributed by atoms with van der Waals surface area (Å²) in [4.78, 5) is 14.5. The zero-order chi connectivity index (χ0) is 16.7. The average molecular weight is 318 g/mol. The molecule has 23 heavy (non-hydrogen) atoms. The van der Waals surface area contributed by atoms with E-state index in [9.17, 15) is 10.1 Å². The average Bonchev–Trinajstić information content (AvgIpc) is 2.53. The molecule has 0 aliphatic carbocycles. The number of nitrogen functional groups attached to an aromatic ring is 1. The zero-order valence-corrected chi connectivity index (χ0v) is 12.7. The first kappa shape index (κ1) is 16.5. The molecular formula is C15H18N4O4. The van der Waals surface area contributed by atoms with Crippen molar-refractivity contribution >= 4 is 17.2 Å². The molecule has 0 bridgehead atoms. The first-order valence-electron chi connectivity index (χ1n) is 6.96. The monoisotopic (exact) mass is 318 g/mol. The van der Waals surface area contributed by atoms with Crippen LogP contribution in [0.4, 0.5) is 17.2 Å². The lowest BCUT2D eigenvalue weighted by Crippen LogP contribution is -2.10. The van der Waals surface area contributed by atoms with Gasteiger partial charge in [0.2, 0.25) is 11.7 Å². The van der Waals surface area contributed by atoms with Gasteiger partial charge in [0.1, 0.15) is 12.3 Å². The van der Waals surface area contributed by atoms with Crippen LogP contribution in [0.25, 0.3) is 0 Å². The maximum Gasteiger partial charge on any atom is 0.334 e. The van der Waals surface area contributed by atoms with Crippen molar-refractivity contribution in [3.05, 3.63) is 52.1 Å². The van der Waals surface area contributed by atoms with Crippen LogP contribution >= 0.6 is 0 Å². The summed E-state index contributed by atoms with van der Waals surface area (Å²) in [7, 11) is 1.55. The van der Waals surface area contributed by atoms with Gasteiger partial charge in [0.25, 0.3) is 0 Å². The van der Waals surface area contributed by atoms with Crippen LogP contribution in [0.1, 0.15) is 5.56 Å². The summed E-state index contributed by atoms with van der Waals surface area (Å²) >= 11 is 0. The SMILES string of the molecule is COCCOc1cc(NCc2ccccc2)c([N+](=O)[O-])c(N)n1. The number of anilines is 2. The standard InChI is InChI=1S/C15H18N4O4/c1-22-7-8-23-13-9-12(14(19(20)21)15(16)18-13)17-10-11-5-3-2-4-6-11/h2-6,9H,7-8,10H2,1H3,(H3,16,17,18). The van der Waals surface area contributed by atoms with E-state index in [4.69, 9.17) is 15.2 Å². The van der Waals surface area contributed by atoms with Gasteiger partial charge in [0, 0.05) is 19.7 Å². The lowest BCUT2D eigenvalue weighted by Gasteiger charge is -2.11. The van der Waals surface area contributed by atoms with E-state index in [2.05, 4.69) is 10.3 Å². The summed E-state index contributed by atoms with van der Waals surface area (Å²) in [5.41, 5.74) is 6.68. The number of rotatable bonds is 8. The van der Waals surface area contributed by atoms with E-state index >= 15 is 0 Å². The number of nitrogens with zero attached hydrogens (tertiary/aromatic N) is 2. The van der Waals surface area contributed by atoms with Crippen molar-refractivity contribution in [2.24, 2.45) is 0 Å². The Bertz CT molecular complexity index is 664. The van der Waals surface area contributed by atoms with Crippen molar-refractivity contribution in [3.8, 4) is 5.88 Å². The van der Waals surface area contributed by atoms with Gasteiger partial charge in [-0.05, 0) is 5.56 Å². The minimum atomic E-state index is -0.561. The van der Waals surface area contributed by atoms with E-state index < -0.39 is 4.92 Å².